The largest absolute Gasteiger partial charge is 0.492 e. The summed E-state index contributed by atoms with van der Waals surface area (Å²) in [5, 5.41) is 0. The Balaban J connectivity index is 1.39. The molecule has 1 fully saturated rings. The highest BCUT2D eigenvalue weighted by molar-refractivity contribution is 5.78. The molecule has 5 nitrogen and oxygen atoms in total. The summed E-state index contributed by atoms with van der Waals surface area (Å²) in [6.45, 7) is 8.62. The van der Waals surface area contributed by atoms with Crippen molar-refractivity contribution in [3.63, 3.8) is 0 Å². The molecule has 1 aliphatic heterocycles. The molecule has 0 saturated carbocycles. The van der Waals surface area contributed by atoms with Crippen LogP contribution in [0.2, 0.25) is 0 Å². The van der Waals surface area contributed by atoms with E-state index >= 15 is 0 Å². The van der Waals surface area contributed by atoms with Crippen LogP contribution in [0.25, 0.3) is 0 Å². The molecule has 0 aliphatic carbocycles. The molecule has 0 radical (unpaired) electrons. The zero-order valence-electron chi connectivity index (χ0n) is 17.5. The van der Waals surface area contributed by atoms with Gasteiger partial charge < -0.3 is 14.5 Å². The van der Waals surface area contributed by atoms with Crippen LogP contribution in [-0.4, -0.2) is 68.6 Å². The molecule has 0 spiro atoms. The summed E-state index contributed by atoms with van der Waals surface area (Å²) in [5.41, 5.74) is 3.37. The average molecular weight is 400 g/mol. The second kappa shape index (κ2) is 9.74. The van der Waals surface area contributed by atoms with Crippen molar-refractivity contribution < 1.29 is 13.9 Å². The third-order valence-electron chi connectivity index (χ3n) is 5.17. The number of ether oxygens (including phenoxy) is 1. The van der Waals surface area contributed by atoms with Crippen LogP contribution >= 0.6 is 0 Å². The quantitative estimate of drug-likeness (QED) is 0.717. The zero-order valence-corrected chi connectivity index (χ0v) is 17.5. The Labute approximate surface area is 172 Å². The summed E-state index contributed by atoms with van der Waals surface area (Å²) in [7, 11) is 1.94. The molecule has 0 bridgehead atoms. The fraction of sp³-hybridized carbons (Fsp3) is 0.435. The van der Waals surface area contributed by atoms with Gasteiger partial charge in [-0.2, -0.15) is 0 Å². The summed E-state index contributed by atoms with van der Waals surface area (Å²) in [6, 6.07) is 12.7. The second-order valence-corrected chi connectivity index (χ2v) is 7.75. The molecule has 2 aromatic carbocycles. The number of halogens is 1. The fourth-order valence-electron chi connectivity index (χ4n) is 3.61. The number of rotatable bonds is 7. The van der Waals surface area contributed by atoms with Crippen molar-refractivity contribution in [2.75, 3.05) is 57.8 Å². The van der Waals surface area contributed by atoms with Gasteiger partial charge in [0.1, 0.15) is 18.2 Å². The first-order valence-electron chi connectivity index (χ1n) is 10.1. The molecule has 2 aromatic rings. The number of piperazine rings is 1. The van der Waals surface area contributed by atoms with Crippen molar-refractivity contribution >= 4 is 11.6 Å². The monoisotopic (exact) mass is 399 g/mol. The highest BCUT2D eigenvalue weighted by atomic mass is 19.1. The van der Waals surface area contributed by atoms with E-state index in [0.29, 0.717) is 32.8 Å². The maximum absolute atomic E-state index is 13.1. The standard InChI is InChI=1S/C23H30FN3O2/c1-18-14-19(2)16-22(15-18)29-13-12-25(3)17-23(28)27-10-8-26(9-11-27)21-6-4-20(24)5-7-21/h4-7,14-16H,8-13,17H2,1-3H3. The molecule has 0 N–H and O–H groups in total. The minimum absolute atomic E-state index is 0.137. The number of anilines is 1. The number of amides is 1. The number of hydrogen-bond donors (Lipinski definition) is 0. The Morgan fingerprint density at radius 3 is 2.28 bits per heavy atom. The molecule has 0 unspecified atom stereocenters. The van der Waals surface area contributed by atoms with E-state index in [2.05, 4.69) is 24.8 Å². The predicted molar refractivity (Wildman–Crippen MR) is 114 cm³/mol. The second-order valence-electron chi connectivity index (χ2n) is 7.75. The Morgan fingerprint density at radius 2 is 1.66 bits per heavy atom. The van der Waals surface area contributed by atoms with Crippen LogP contribution in [0.3, 0.4) is 0 Å². The van der Waals surface area contributed by atoms with Gasteiger partial charge in [0.25, 0.3) is 0 Å². The van der Waals surface area contributed by atoms with Crippen LogP contribution in [0.4, 0.5) is 10.1 Å². The summed E-state index contributed by atoms with van der Waals surface area (Å²) < 4.78 is 18.9. The van der Waals surface area contributed by atoms with Crippen LogP contribution in [0, 0.1) is 19.7 Å². The van der Waals surface area contributed by atoms with Crippen molar-refractivity contribution in [1.82, 2.24) is 9.80 Å². The number of carbonyl (C=O) groups is 1. The molecule has 1 amide bonds. The van der Waals surface area contributed by atoms with Gasteiger partial charge in [-0.3, -0.25) is 9.69 Å². The Morgan fingerprint density at radius 1 is 1.03 bits per heavy atom. The van der Waals surface area contributed by atoms with Gasteiger partial charge in [0.2, 0.25) is 5.91 Å². The molecule has 156 valence electrons. The van der Waals surface area contributed by atoms with Crippen molar-refractivity contribution in [2.45, 2.75) is 13.8 Å². The number of aryl methyl sites for hydroxylation is 2. The van der Waals surface area contributed by atoms with Crippen LogP contribution in [-0.2, 0) is 4.79 Å². The van der Waals surface area contributed by atoms with E-state index in [1.807, 2.05) is 29.0 Å². The third-order valence-corrected chi connectivity index (χ3v) is 5.17. The van der Waals surface area contributed by atoms with Crippen LogP contribution in [0.5, 0.6) is 5.75 Å². The van der Waals surface area contributed by atoms with Crippen molar-refractivity contribution in [2.24, 2.45) is 0 Å². The lowest BCUT2D eigenvalue weighted by Gasteiger charge is -2.36. The Hall–Kier alpha value is -2.60. The molecule has 0 aromatic heterocycles. The predicted octanol–water partition coefficient (Wildman–Crippen LogP) is 3.10. The van der Waals surface area contributed by atoms with E-state index in [1.165, 1.54) is 23.3 Å². The minimum Gasteiger partial charge on any atom is -0.492 e. The van der Waals surface area contributed by atoms with Gasteiger partial charge in [0.15, 0.2) is 0 Å². The van der Waals surface area contributed by atoms with Gasteiger partial charge >= 0.3 is 0 Å². The molecule has 29 heavy (non-hydrogen) atoms. The van der Waals surface area contributed by atoms with Crippen molar-refractivity contribution in [3.05, 3.63) is 59.4 Å². The summed E-state index contributed by atoms with van der Waals surface area (Å²) in [4.78, 5) is 18.7. The average Bonchev–Trinajstić information content (AvgIpc) is 2.68. The molecular formula is C23H30FN3O2. The van der Waals surface area contributed by atoms with E-state index in [-0.39, 0.29) is 11.7 Å². The number of carbonyl (C=O) groups excluding carboxylic acids is 1. The molecule has 0 atom stereocenters. The smallest absolute Gasteiger partial charge is 0.236 e. The molecule has 1 heterocycles. The maximum Gasteiger partial charge on any atom is 0.236 e. The van der Waals surface area contributed by atoms with Crippen LogP contribution in [0.15, 0.2) is 42.5 Å². The van der Waals surface area contributed by atoms with Gasteiger partial charge in [-0.1, -0.05) is 6.07 Å². The summed E-state index contributed by atoms with van der Waals surface area (Å²) >= 11 is 0. The lowest BCUT2D eigenvalue weighted by molar-refractivity contribution is -0.132. The van der Waals surface area contributed by atoms with Gasteiger partial charge in [0.05, 0.1) is 6.54 Å². The minimum atomic E-state index is -0.230. The molecule has 1 saturated heterocycles. The van der Waals surface area contributed by atoms with E-state index in [4.69, 9.17) is 4.74 Å². The highest BCUT2D eigenvalue weighted by Gasteiger charge is 2.22. The van der Waals surface area contributed by atoms with Crippen molar-refractivity contribution in [1.29, 1.82) is 0 Å². The number of hydrogen-bond acceptors (Lipinski definition) is 4. The SMILES string of the molecule is Cc1cc(C)cc(OCCN(C)CC(=O)N2CCN(c3ccc(F)cc3)CC2)c1. The van der Waals surface area contributed by atoms with Crippen LogP contribution < -0.4 is 9.64 Å². The van der Waals surface area contributed by atoms with Gasteiger partial charge in [-0.15, -0.1) is 0 Å². The maximum atomic E-state index is 13.1. The van der Waals surface area contributed by atoms with Crippen molar-refractivity contribution in [3.8, 4) is 5.75 Å². The Kier molecular flexibility index (Phi) is 7.09. The normalized spacial score (nSPS) is 14.4. The fourth-order valence-corrected chi connectivity index (χ4v) is 3.61. The number of benzene rings is 2. The van der Waals surface area contributed by atoms with E-state index in [1.54, 1.807) is 12.1 Å². The number of likely N-dealkylation sites (N-methyl/N-ethyl adjacent to an activating group) is 1. The molecular weight excluding hydrogens is 369 g/mol. The first-order valence-corrected chi connectivity index (χ1v) is 10.1. The van der Waals surface area contributed by atoms with Gasteiger partial charge in [-0.25, -0.2) is 4.39 Å². The van der Waals surface area contributed by atoms with Gasteiger partial charge in [-0.05, 0) is 68.4 Å². The number of nitrogens with zero attached hydrogens (tertiary/aromatic N) is 3. The lowest BCUT2D eigenvalue weighted by atomic mass is 10.1. The summed E-state index contributed by atoms with van der Waals surface area (Å²) in [5.74, 6) is 0.781. The molecule has 1 aliphatic rings. The third kappa shape index (κ3) is 6.19. The highest BCUT2D eigenvalue weighted by Crippen LogP contribution is 2.17. The Bertz CT molecular complexity index is 797. The topological polar surface area (TPSA) is 36.0 Å². The first-order chi connectivity index (χ1) is 13.9. The van der Waals surface area contributed by atoms with E-state index < -0.39 is 0 Å². The summed E-state index contributed by atoms with van der Waals surface area (Å²) in [6.07, 6.45) is 0. The van der Waals surface area contributed by atoms with E-state index in [9.17, 15) is 9.18 Å². The van der Waals surface area contributed by atoms with E-state index in [0.717, 1.165) is 24.5 Å². The molecule has 6 heteroatoms. The zero-order chi connectivity index (χ0) is 20.8. The van der Waals surface area contributed by atoms with Crippen LogP contribution in [0.1, 0.15) is 11.1 Å². The lowest BCUT2D eigenvalue weighted by Crippen LogP contribution is -2.51. The van der Waals surface area contributed by atoms with Gasteiger partial charge in [0, 0.05) is 38.4 Å². The first kappa shape index (κ1) is 21.1. The molecule has 3 rings (SSSR count).